The van der Waals surface area contributed by atoms with Crippen LogP contribution in [0.4, 0.5) is 0 Å². The first-order valence-corrected chi connectivity index (χ1v) is 13.3. The van der Waals surface area contributed by atoms with Gasteiger partial charge in [0.1, 0.15) is 6.04 Å². The number of carboxylic acid groups (broad SMARTS) is 1. The molecule has 1 aliphatic rings. The fraction of sp³-hybridized carbons (Fsp3) is 0.481. The highest BCUT2D eigenvalue weighted by Gasteiger charge is 2.31. The number of aryl methyl sites for hydroxylation is 1. The number of carbonyl (C=O) groups excluding carboxylic acids is 1. The molecule has 1 amide bonds. The molecule has 3 rings (SSSR count). The van der Waals surface area contributed by atoms with Crippen LogP contribution >= 0.6 is 11.8 Å². The first kappa shape index (κ1) is 26.3. The third-order valence-corrected chi connectivity index (χ3v) is 7.30. The molecule has 1 aliphatic heterocycles. The van der Waals surface area contributed by atoms with Gasteiger partial charge in [0.25, 0.3) is 5.91 Å². The third kappa shape index (κ3) is 6.40. The van der Waals surface area contributed by atoms with Crippen molar-refractivity contribution in [2.75, 3.05) is 25.7 Å². The largest absolute Gasteiger partial charge is 0.480 e. The fourth-order valence-electron chi connectivity index (χ4n) is 4.68. The zero-order valence-corrected chi connectivity index (χ0v) is 21.4. The molecule has 3 atom stereocenters. The minimum absolute atomic E-state index is 0.250. The molecular formula is C27H36N2O4S. The van der Waals surface area contributed by atoms with Crippen LogP contribution in [-0.2, 0) is 16.1 Å². The van der Waals surface area contributed by atoms with Gasteiger partial charge in [0.05, 0.1) is 6.10 Å². The van der Waals surface area contributed by atoms with Crippen molar-refractivity contribution in [1.29, 1.82) is 0 Å². The Kier molecular flexibility index (Phi) is 9.56. The second-order valence-corrected chi connectivity index (χ2v) is 9.91. The van der Waals surface area contributed by atoms with E-state index < -0.39 is 12.0 Å². The van der Waals surface area contributed by atoms with E-state index in [9.17, 15) is 14.7 Å². The van der Waals surface area contributed by atoms with Gasteiger partial charge < -0.3 is 15.2 Å². The summed E-state index contributed by atoms with van der Waals surface area (Å²) in [5, 5.41) is 12.3. The number of nitrogens with zero attached hydrogens (tertiary/aromatic N) is 1. The van der Waals surface area contributed by atoms with Crippen molar-refractivity contribution in [1.82, 2.24) is 10.2 Å². The second kappa shape index (κ2) is 12.4. The Morgan fingerprint density at radius 2 is 2.00 bits per heavy atom. The van der Waals surface area contributed by atoms with Crippen LogP contribution < -0.4 is 5.32 Å². The van der Waals surface area contributed by atoms with Crippen LogP contribution in [0.25, 0.3) is 11.1 Å². The van der Waals surface area contributed by atoms with E-state index in [1.807, 2.05) is 49.6 Å². The molecule has 1 fully saturated rings. The Hall–Kier alpha value is -2.35. The molecule has 2 N–H and O–H groups in total. The molecule has 0 aromatic heterocycles. The summed E-state index contributed by atoms with van der Waals surface area (Å²) in [7, 11) is 1.77. The SMILES string of the molecule is CC[C@@H]1CC(OC)CN1Cc1ccc(C(=O)N[C@@H](CCSC)C(=O)O)c(-c2ccccc2C)c1. The number of hydrogen-bond donors (Lipinski definition) is 2. The predicted octanol–water partition coefficient (Wildman–Crippen LogP) is 4.60. The number of amides is 1. The van der Waals surface area contributed by atoms with Gasteiger partial charge in [-0.05, 0) is 72.6 Å². The Morgan fingerprint density at radius 1 is 1.24 bits per heavy atom. The number of methoxy groups -OCH3 is 1. The van der Waals surface area contributed by atoms with Gasteiger partial charge >= 0.3 is 5.97 Å². The lowest BCUT2D eigenvalue weighted by atomic mass is 9.93. The number of aliphatic carboxylic acids is 1. The zero-order chi connectivity index (χ0) is 24.7. The highest BCUT2D eigenvalue weighted by molar-refractivity contribution is 7.98. The van der Waals surface area contributed by atoms with E-state index in [0.29, 0.717) is 23.8 Å². The van der Waals surface area contributed by atoms with Gasteiger partial charge in [0, 0.05) is 31.8 Å². The summed E-state index contributed by atoms with van der Waals surface area (Å²) in [6, 6.07) is 13.5. The van der Waals surface area contributed by atoms with Gasteiger partial charge in [-0.2, -0.15) is 11.8 Å². The summed E-state index contributed by atoms with van der Waals surface area (Å²) in [6.45, 7) is 5.91. The number of likely N-dealkylation sites (tertiary alicyclic amines) is 1. The number of ether oxygens (including phenoxy) is 1. The number of rotatable bonds is 11. The maximum Gasteiger partial charge on any atom is 0.326 e. The normalized spacial score (nSPS) is 19.2. The topological polar surface area (TPSA) is 78.9 Å². The molecular weight excluding hydrogens is 448 g/mol. The van der Waals surface area contributed by atoms with Crippen molar-refractivity contribution in [2.45, 2.75) is 57.8 Å². The lowest BCUT2D eigenvalue weighted by Gasteiger charge is -2.24. The molecule has 1 saturated heterocycles. The van der Waals surface area contributed by atoms with Crippen molar-refractivity contribution in [3.05, 3.63) is 59.2 Å². The average Bonchev–Trinajstić information content (AvgIpc) is 3.23. The van der Waals surface area contributed by atoms with Crippen LogP contribution in [0.5, 0.6) is 0 Å². The van der Waals surface area contributed by atoms with Gasteiger partial charge in [-0.15, -0.1) is 0 Å². The molecule has 184 valence electrons. The zero-order valence-electron chi connectivity index (χ0n) is 20.5. The molecule has 6 nitrogen and oxygen atoms in total. The summed E-state index contributed by atoms with van der Waals surface area (Å²) < 4.78 is 5.61. The van der Waals surface area contributed by atoms with Crippen LogP contribution in [0.15, 0.2) is 42.5 Å². The number of hydrogen-bond acceptors (Lipinski definition) is 5. The summed E-state index contributed by atoms with van der Waals surface area (Å²) in [4.78, 5) is 27.4. The molecule has 1 unspecified atom stereocenters. The lowest BCUT2D eigenvalue weighted by molar-refractivity contribution is -0.139. The lowest BCUT2D eigenvalue weighted by Crippen LogP contribution is -2.41. The molecule has 2 aromatic rings. The molecule has 0 radical (unpaired) electrons. The van der Waals surface area contributed by atoms with E-state index in [1.165, 1.54) is 0 Å². The van der Waals surface area contributed by atoms with Crippen LogP contribution in [-0.4, -0.2) is 65.7 Å². The first-order chi connectivity index (χ1) is 16.4. The number of benzene rings is 2. The maximum atomic E-state index is 13.3. The monoisotopic (exact) mass is 484 g/mol. The van der Waals surface area contributed by atoms with E-state index in [0.717, 1.165) is 48.2 Å². The Balaban J connectivity index is 1.93. The summed E-state index contributed by atoms with van der Waals surface area (Å²) in [5.74, 6) is -0.702. The van der Waals surface area contributed by atoms with Gasteiger partial charge in [-0.25, -0.2) is 4.79 Å². The van der Waals surface area contributed by atoms with Gasteiger partial charge in [-0.1, -0.05) is 37.3 Å². The fourth-order valence-corrected chi connectivity index (χ4v) is 5.15. The smallest absolute Gasteiger partial charge is 0.326 e. The molecule has 7 heteroatoms. The highest BCUT2D eigenvalue weighted by atomic mass is 32.2. The third-order valence-electron chi connectivity index (χ3n) is 6.66. The van der Waals surface area contributed by atoms with Crippen LogP contribution in [0.2, 0.25) is 0 Å². The molecule has 0 spiro atoms. The van der Waals surface area contributed by atoms with Crippen molar-refractivity contribution in [3.63, 3.8) is 0 Å². The van der Waals surface area contributed by atoms with E-state index >= 15 is 0 Å². The number of carboxylic acids is 1. The second-order valence-electron chi connectivity index (χ2n) is 8.93. The predicted molar refractivity (Wildman–Crippen MR) is 138 cm³/mol. The maximum absolute atomic E-state index is 13.3. The summed E-state index contributed by atoms with van der Waals surface area (Å²) in [5.41, 5.74) is 4.50. The number of thioether (sulfide) groups is 1. The standard InChI is InChI=1S/C27H36N2O4S/c1-5-20-15-21(33-3)17-29(20)16-19-10-11-23(24(14-19)22-9-7-6-8-18(22)2)26(30)28-25(27(31)32)12-13-34-4/h6-11,14,20-21,25H,5,12-13,15-17H2,1-4H3,(H,28,30)(H,31,32)/t20-,21?,25+/m1/s1. The van der Waals surface area contributed by atoms with Gasteiger partial charge in [0.2, 0.25) is 0 Å². The first-order valence-electron chi connectivity index (χ1n) is 11.9. The van der Waals surface area contributed by atoms with Crippen LogP contribution in [0, 0.1) is 6.92 Å². The summed E-state index contributed by atoms with van der Waals surface area (Å²) >= 11 is 1.56. The highest BCUT2D eigenvalue weighted by Crippen LogP contribution is 2.30. The van der Waals surface area contributed by atoms with E-state index in [-0.39, 0.29) is 12.0 Å². The summed E-state index contributed by atoms with van der Waals surface area (Å²) in [6.07, 6.45) is 4.66. The minimum Gasteiger partial charge on any atom is -0.480 e. The van der Waals surface area contributed by atoms with E-state index in [1.54, 1.807) is 18.9 Å². The van der Waals surface area contributed by atoms with E-state index in [2.05, 4.69) is 23.2 Å². The van der Waals surface area contributed by atoms with Gasteiger partial charge in [0.15, 0.2) is 0 Å². The molecule has 0 aliphatic carbocycles. The van der Waals surface area contributed by atoms with Crippen molar-refractivity contribution >= 4 is 23.6 Å². The molecule has 0 saturated carbocycles. The van der Waals surface area contributed by atoms with Gasteiger partial charge in [-0.3, -0.25) is 9.69 Å². The Morgan fingerprint density at radius 3 is 2.65 bits per heavy atom. The minimum atomic E-state index is -1.01. The number of nitrogens with one attached hydrogen (secondary N) is 1. The quantitative estimate of drug-likeness (QED) is 0.485. The van der Waals surface area contributed by atoms with Crippen molar-refractivity contribution < 1.29 is 19.4 Å². The molecule has 1 heterocycles. The Labute approximate surface area is 207 Å². The molecule has 0 bridgehead atoms. The van der Waals surface area contributed by atoms with Crippen molar-refractivity contribution in [3.8, 4) is 11.1 Å². The number of carbonyl (C=O) groups is 2. The van der Waals surface area contributed by atoms with Crippen molar-refractivity contribution in [2.24, 2.45) is 0 Å². The van der Waals surface area contributed by atoms with Crippen LogP contribution in [0.1, 0.15) is 47.7 Å². The van der Waals surface area contributed by atoms with Crippen LogP contribution in [0.3, 0.4) is 0 Å². The average molecular weight is 485 g/mol. The molecule has 34 heavy (non-hydrogen) atoms. The molecule has 2 aromatic carbocycles. The van der Waals surface area contributed by atoms with E-state index in [4.69, 9.17) is 4.74 Å². The Bertz CT molecular complexity index is 996.